The molecule has 0 unspecified atom stereocenters. The molecule has 0 saturated heterocycles. The van der Waals surface area contributed by atoms with Crippen LogP contribution in [0.25, 0.3) is 5.65 Å². The number of carbonyl (C=O) groups is 1. The monoisotopic (exact) mass is 233 g/mol. The van der Waals surface area contributed by atoms with E-state index < -0.39 is 5.97 Å². The molecular weight excluding hydrogens is 222 g/mol. The Morgan fingerprint density at radius 3 is 3.00 bits per heavy atom. The van der Waals surface area contributed by atoms with Gasteiger partial charge in [-0.15, -0.1) is 4.91 Å². The van der Waals surface area contributed by atoms with E-state index in [9.17, 15) is 9.70 Å². The quantitative estimate of drug-likeness (QED) is 0.598. The van der Waals surface area contributed by atoms with Crippen molar-refractivity contribution in [2.24, 2.45) is 5.18 Å². The second kappa shape index (κ2) is 4.32. The van der Waals surface area contributed by atoms with Gasteiger partial charge >= 0.3 is 5.97 Å². The highest BCUT2D eigenvalue weighted by Gasteiger charge is 2.16. The highest BCUT2D eigenvalue weighted by Crippen LogP contribution is 2.22. The molecule has 0 N–H and O–H groups in total. The van der Waals surface area contributed by atoms with E-state index in [0.29, 0.717) is 11.3 Å². The molecule has 0 radical (unpaired) electrons. The van der Waals surface area contributed by atoms with Crippen LogP contribution in [0.15, 0.2) is 23.5 Å². The van der Waals surface area contributed by atoms with Crippen LogP contribution in [0, 0.1) is 11.8 Å². The van der Waals surface area contributed by atoms with Gasteiger partial charge in [0.25, 0.3) is 0 Å². The molecule has 0 saturated carbocycles. The smallest absolute Gasteiger partial charge is 0.311 e. The van der Waals surface area contributed by atoms with Crippen molar-refractivity contribution >= 4 is 17.4 Å². The van der Waals surface area contributed by atoms with Gasteiger partial charge in [0.05, 0.1) is 13.5 Å². The van der Waals surface area contributed by atoms with Crippen molar-refractivity contribution in [3.05, 3.63) is 34.5 Å². The first kappa shape index (κ1) is 11.3. The topological polar surface area (TPSA) is 73.0 Å². The zero-order valence-electron chi connectivity index (χ0n) is 9.51. The number of hydrogen-bond donors (Lipinski definition) is 0. The molecule has 0 atom stereocenters. The molecule has 0 aliphatic heterocycles. The predicted octanol–water partition coefficient (Wildman–Crippen LogP) is 1.76. The lowest BCUT2D eigenvalue weighted by molar-refractivity contribution is -0.139. The van der Waals surface area contributed by atoms with Gasteiger partial charge in [-0.3, -0.25) is 9.20 Å². The molecule has 0 aliphatic carbocycles. The van der Waals surface area contributed by atoms with Crippen LogP contribution in [-0.2, 0) is 16.0 Å². The average molecular weight is 233 g/mol. The molecule has 88 valence electrons. The molecule has 0 aromatic carbocycles. The van der Waals surface area contributed by atoms with Crippen LogP contribution in [0.4, 0.5) is 5.82 Å². The van der Waals surface area contributed by atoms with Gasteiger partial charge in [-0.2, -0.15) is 0 Å². The fourth-order valence-electron chi connectivity index (χ4n) is 1.61. The number of methoxy groups -OCH3 is 1. The van der Waals surface area contributed by atoms with E-state index in [0.717, 1.165) is 5.56 Å². The summed E-state index contributed by atoms with van der Waals surface area (Å²) >= 11 is 0. The van der Waals surface area contributed by atoms with Crippen LogP contribution in [-0.4, -0.2) is 22.5 Å². The van der Waals surface area contributed by atoms with E-state index in [1.807, 2.05) is 19.1 Å². The lowest BCUT2D eigenvalue weighted by atomic mass is 10.3. The number of carbonyl (C=O) groups excluding carboxylic acids is 1. The lowest BCUT2D eigenvalue weighted by Crippen LogP contribution is -2.04. The molecule has 0 spiro atoms. The van der Waals surface area contributed by atoms with Gasteiger partial charge < -0.3 is 4.74 Å². The Balaban J connectivity index is 2.55. The van der Waals surface area contributed by atoms with E-state index in [1.165, 1.54) is 7.11 Å². The molecular formula is C11H11N3O3. The Morgan fingerprint density at radius 2 is 2.35 bits per heavy atom. The first-order valence-corrected chi connectivity index (χ1v) is 5.03. The molecule has 0 bridgehead atoms. The maximum atomic E-state index is 11.2. The van der Waals surface area contributed by atoms with Gasteiger partial charge in [0.15, 0.2) is 0 Å². The van der Waals surface area contributed by atoms with E-state index in [1.54, 1.807) is 10.6 Å². The number of imidazole rings is 1. The van der Waals surface area contributed by atoms with Gasteiger partial charge in [0, 0.05) is 6.20 Å². The van der Waals surface area contributed by atoms with Crippen LogP contribution in [0.3, 0.4) is 0 Å². The maximum absolute atomic E-state index is 11.2. The number of pyridine rings is 1. The van der Waals surface area contributed by atoms with Gasteiger partial charge in [0.2, 0.25) is 5.82 Å². The van der Waals surface area contributed by atoms with Gasteiger partial charge in [0.1, 0.15) is 11.3 Å². The lowest BCUT2D eigenvalue weighted by Gasteiger charge is -1.96. The molecule has 0 fully saturated rings. The fourth-order valence-corrected chi connectivity index (χ4v) is 1.61. The number of esters is 1. The van der Waals surface area contributed by atoms with Crippen LogP contribution >= 0.6 is 0 Å². The second-order valence-corrected chi connectivity index (χ2v) is 3.66. The van der Waals surface area contributed by atoms with Crippen LogP contribution in [0.5, 0.6) is 0 Å². The Bertz CT molecular complexity index is 589. The summed E-state index contributed by atoms with van der Waals surface area (Å²) in [6, 6.07) is 3.65. The van der Waals surface area contributed by atoms with Gasteiger partial charge in [-0.1, -0.05) is 0 Å². The summed E-state index contributed by atoms with van der Waals surface area (Å²) in [6.45, 7) is 1.92. The number of ether oxygens (including phenoxy) is 1. The fraction of sp³-hybridized carbons (Fsp3) is 0.273. The number of aromatic nitrogens is 2. The summed E-state index contributed by atoms with van der Waals surface area (Å²) in [5, 5.41) is 2.92. The first-order valence-electron chi connectivity index (χ1n) is 5.03. The number of hydrogen-bond acceptors (Lipinski definition) is 5. The third kappa shape index (κ3) is 2.01. The van der Waals surface area contributed by atoms with Crippen molar-refractivity contribution in [2.75, 3.05) is 7.11 Å². The minimum absolute atomic E-state index is 0.0572. The van der Waals surface area contributed by atoms with Crippen molar-refractivity contribution in [3.8, 4) is 0 Å². The average Bonchev–Trinajstić information content (AvgIpc) is 2.64. The van der Waals surface area contributed by atoms with Crippen LogP contribution in [0.1, 0.15) is 11.3 Å². The normalized spacial score (nSPS) is 10.5. The van der Waals surface area contributed by atoms with Crippen molar-refractivity contribution in [1.29, 1.82) is 0 Å². The molecule has 6 heteroatoms. The number of nitroso groups, excluding NO2 is 1. The molecule has 0 aliphatic rings. The summed E-state index contributed by atoms with van der Waals surface area (Å²) < 4.78 is 6.10. The SMILES string of the molecule is COC(=O)Cc1nc2cc(C)ccn2c1N=O. The molecule has 2 heterocycles. The van der Waals surface area contributed by atoms with E-state index in [2.05, 4.69) is 14.9 Å². The third-order valence-electron chi connectivity index (χ3n) is 2.45. The minimum Gasteiger partial charge on any atom is -0.469 e. The number of aryl methyl sites for hydroxylation is 1. The maximum Gasteiger partial charge on any atom is 0.311 e. The summed E-state index contributed by atoms with van der Waals surface area (Å²) in [4.78, 5) is 26.2. The summed E-state index contributed by atoms with van der Waals surface area (Å²) in [7, 11) is 1.29. The third-order valence-corrected chi connectivity index (χ3v) is 2.45. The highest BCUT2D eigenvalue weighted by atomic mass is 16.5. The second-order valence-electron chi connectivity index (χ2n) is 3.66. The van der Waals surface area contributed by atoms with Crippen LogP contribution < -0.4 is 0 Å². The Kier molecular flexibility index (Phi) is 2.86. The van der Waals surface area contributed by atoms with Crippen molar-refractivity contribution < 1.29 is 9.53 Å². The number of fused-ring (bicyclic) bond motifs is 1. The Morgan fingerprint density at radius 1 is 1.59 bits per heavy atom. The zero-order chi connectivity index (χ0) is 12.4. The summed E-state index contributed by atoms with van der Waals surface area (Å²) in [5.41, 5.74) is 1.94. The van der Waals surface area contributed by atoms with Crippen molar-refractivity contribution in [3.63, 3.8) is 0 Å². The summed E-state index contributed by atoms with van der Waals surface area (Å²) in [5.74, 6) is -0.305. The van der Waals surface area contributed by atoms with E-state index in [4.69, 9.17) is 0 Å². The predicted molar refractivity (Wildman–Crippen MR) is 61.1 cm³/mol. The van der Waals surface area contributed by atoms with Crippen molar-refractivity contribution in [2.45, 2.75) is 13.3 Å². The highest BCUT2D eigenvalue weighted by molar-refractivity contribution is 5.74. The molecule has 0 amide bonds. The number of rotatable bonds is 3. The molecule has 17 heavy (non-hydrogen) atoms. The van der Waals surface area contributed by atoms with Gasteiger partial charge in [-0.25, -0.2) is 4.98 Å². The Hall–Kier alpha value is -2.24. The molecule has 2 rings (SSSR count). The van der Waals surface area contributed by atoms with Crippen molar-refractivity contribution in [1.82, 2.24) is 9.38 Å². The standard InChI is InChI=1S/C11H11N3O3/c1-7-3-4-14-9(5-7)12-8(11(14)13-16)6-10(15)17-2/h3-5H,6H2,1-2H3. The van der Waals surface area contributed by atoms with Gasteiger partial charge in [-0.05, 0) is 29.8 Å². The first-order chi connectivity index (χ1) is 8.15. The largest absolute Gasteiger partial charge is 0.469 e. The minimum atomic E-state index is -0.449. The molecule has 2 aromatic heterocycles. The molecule has 6 nitrogen and oxygen atoms in total. The van der Waals surface area contributed by atoms with E-state index >= 15 is 0 Å². The molecule has 2 aromatic rings. The number of nitrogens with zero attached hydrogens (tertiary/aromatic N) is 3. The summed E-state index contributed by atoms with van der Waals surface area (Å²) in [6.07, 6.45) is 1.65. The van der Waals surface area contributed by atoms with E-state index in [-0.39, 0.29) is 12.2 Å². The zero-order valence-corrected chi connectivity index (χ0v) is 9.51. The van der Waals surface area contributed by atoms with Crippen LogP contribution in [0.2, 0.25) is 0 Å². The Labute approximate surface area is 97.2 Å².